The summed E-state index contributed by atoms with van der Waals surface area (Å²) in [6.07, 6.45) is 2.30. The summed E-state index contributed by atoms with van der Waals surface area (Å²) < 4.78 is 5.16. The zero-order chi connectivity index (χ0) is 14.2. The Bertz CT molecular complexity index is 434. The average Bonchev–Trinajstić information content (AvgIpc) is 2.98. The lowest BCUT2D eigenvalue weighted by Gasteiger charge is -2.09. The molecule has 1 unspecified atom stereocenters. The van der Waals surface area contributed by atoms with Crippen molar-refractivity contribution in [2.45, 2.75) is 17.7 Å². The third kappa shape index (κ3) is 5.06. The first-order chi connectivity index (χ1) is 9.78. The normalized spacial score (nSPS) is 17.9. The number of methoxy groups -OCH3 is 1. The van der Waals surface area contributed by atoms with E-state index >= 15 is 0 Å². The zero-order valence-corrected chi connectivity index (χ0v) is 12.7. The largest absolute Gasteiger partial charge is 0.497 e. The predicted octanol–water partition coefficient (Wildman–Crippen LogP) is 1.90. The lowest BCUT2D eigenvalue weighted by atomic mass is 10.1. The summed E-state index contributed by atoms with van der Waals surface area (Å²) in [7, 11) is 1.65. The summed E-state index contributed by atoms with van der Waals surface area (Å²) in [5.41, 5.74) is 0. The molecule has 2 N–H and O–H groups in total. The van der Waals surface area contributed by atoms with Crippen molar-refractivity contribution >= 4 is 17.7 Å². The van der Waals surface area contributed by atoms with Crippen molar-refractivity contribution in [3.63, 3.8) is 0 Å². The first-order valence-electron chi connectivity index (χ1n) is 7.02. The molecule has 0 saturated carbocycles. The van der Waals surface area contributed by atoms with Gasteiger partial charge in [0.25, 0.3) is 0 Å². The van der Waals surface area contributed by atoms with Crippen LogP contribution < -0.4 is 15.4 Å². The minimum Gasteiger partial charge on any atom is -0.497 e. The molecule has 20 heavy (non-hydrogen) atoms. The topological polar surface area (TPSA) is 50.4 Å². The van der Waals surface area contributed by atoms with E-state index in [2.05, 4.69) is 10.6 Å². The Balaban J connectivity index is 1.63. The second kappa shape index (κ2) is 8.17. The number of thioether (sulfide) groups is 1. The molecule has 1 aromatic rings. The van der Waals surface area contributed by atoms with Gasteiger partial charge in [-0.25, -0.2) is 0 Å². The van der Waals surface area contributed by atoms with E-state index in [1.165, 1.54) is 18.2 Å². The number of ether oxygens (including phenoxy) is 1. The molecule has 0 aromatic heterocycles. The van der Waals surface area contributed by atoms with Crippen LogP contribution in [0.4, 0.5) is 0 Å². The van der Waals surface area contributed by atoms with Crippen LogP contribution in [-0.2, 0) is 4.79 Å². The number of amides is 1. The summed E-state index contributed by atoms with van der Waals surface area (Å²) >= 11 is 1.54. The van der Waals surface area contributed by atoms with Crippen molar-refractivity contribution in [2.24, 2.45) is 5.92 Å². The van der Waals surface area contributed by atoms with Gasteiger partial charge in [-0.1, -0.05) is 6.07 Å². The summed E-state index contributed by atoms with van der Waals surface area (Å²) in [5.74, 6) is 2.10. The molecule has 1 fully saturated rings. The van der Waals surface area contributed by atoms with Crippen LogP contribution in [0.5, 0.6) is 5.75 Å². The summed E-state index contributed by atoms with van der Waals surface area (Å²) in [4.78, 5) is 12.8. The van der Waals surface area contributed by atoms with Crippen LogP contribution in [0, 0.1) is 5.92 Å². The molecule has 1 atom stereocenters. The standard InChI is InChI=1S/C15H22N2O2S/c1-19-13-3-2-4-14(9-13)20-11-15(18)17-8-6-12-5-7-16-10-12/h2-4,9,12,16H,5-8,10-11H2,1H3,(H,17,18). The molecule has 1 saturated heterocycles. The molecule has 5 heteroatoms. The molecule has 2 rings (SSSR count). The molecule has 1 amide bonds. The monoisotopic (exact) mass is 294 g/mol. The molecule has 1 heterocycles. The van der Waals surface area contributed by atoms with Crippen LogP contribution in [0.25, 0.3) is 0 Å². The quantitative estimate of drug-likeness (QED) is 0.754. The molecule has 1 aliphatic heterocycles. The molecule has 0 bridgehead atoms. The maximum absolute atomic E-state index is 11.8. The molecular weight excluding hydrogens is 272 g/mol. The van der Waals surface area contributed by atoms with Gasteiger partial charge in [-0.3, -0.25) is 4.79 Å². The Morgan fingerprint density at radius 2 is 2.45 bits per heavy atom. The highest BCUT2D eigenvalue weighted by molar-refractivity contribution is 8.00. The van der Waals surface area contributed by atoms with Gasteiger partial charge in [0, 0.05) is 11.4 Å². The highest BCUT2D eigenvalue weighted by Crippen LogP contribution is 2.22. The van der Waals surface area contributed by atoms with Gasteiger partial charge in [0.05, 0.1) is 12.9 Å². The molecule has 4 nitrogen and oxygen atoms in total. The van der Waals surface area contributed by atoms with Crippen molar-refractivity contribution < 1.29 is 9.53 Å². The number of nitrogens with one attached hydrogen (secondary N) is 2. The molecular formula is C15H22N2O2S. The Hall–Kier alpha value is -1.20. The van der Waals surface area contributed by atoms with Crippen LogP contribution in [0.1, 0.15) is 12.8 Å². The fraction of sp³-hybridized carbons (Fsp3) is 0.533. The van der Waals surface area contributed by atoms with E-state index < -0.39 is 0 Å². The highest BCUT2D eigenvalue weighted by Gasteiger charge is 2.14. The van der Waals surface area contributed by atoms with Gasteiger partial charge in [-0.15, -0.1) is 11.8 Å². The third-order valence-electron chi connectivity index (χ3n) is 3.45. The molecule has 1 aromatic carbocycles. The number of rotatable bonds is 7. The number of benzene rings is 1. The maximum Gasteiger partial charge on any atom is 0.230 e. The van der Waals surface area contributed by atoms with Crippen LogP contribution in [0.2, 0.25) is 0 Å². The van der Waals surface area contributed by atoms with Gasteiger partial charge in [-0.05, 0) is 50.0 Å². The zero-order valence-electron chi connectivity index (χ0n) is 11.9. The van der Waals surface area contributed by atoms with E-state index in [9.17, 15) is 4.79 Å². The minimum absolute atomic E-state index is 0.101. The van der Waals surface area contributed by atoms with Gasteiger partial charge in [0.1, 0.15) is 5.75 Å². The molecule has 0 spiro atoms. The number of carbonyl (C=O) groups excluding carboxylic acids is 1. The number of carbonyl (C=O) groups is 1. The Labute approximate surface area is 124 Å². The smallest absolute Gasteiger partial charge is 0.230 e. The fourth-order valence-electron chi connectivity index (χ4n) is 2.27. The summed E-state index contributed by atoms with van der Waals surface area (Å²) in [5, 5.41) is 6.33. The number of hydrogen-bond acceptors (Lipinski definition) is 4. The van der Waals surface area contributed by atoms with Gasteiger partial charge in [-0.2, -0.15) is 0 Å². The Morgan fingerprint density at radius 3 is 3.20 bits per heavy atom. The summed E-state index contributed by atoms with van der Waals surface area (Å²) in [6.45, 7) is 2.99. The first-order valence-corrected chi connectivity index (χ1v) is 8.01. The highest BCUT2D eigenvalue weighted by atomic mass is 32.2. The Kier molecular flexibility index (Phi) is 6.21. The van der Waals surface area contributed by atoms with Crippen LogP contribution in [0.15, 0.2) is 29.2 Å². The van der Waals surface area contributed by atoms with Crippen molar-refractivity contribution in [1.29, 1.82) is 0 Å². The predicted molar refractivity (Wildman–Crippen MR) is 82.3 cm³/mol. The molecule has 0 aliphatic carbocycles. The van der Waals surface area contributed by atoms with Crippen molar-refractivity contribution in [2.75, 3.05) is 32.5 Å². The van der Waals surface area contributed by atoms with E-state index in [0.29, 0.717) is 5.75 Å². The minimum atomic E-state index is 0.101. The maximum atomic E-state index is 11.8. The van der Waals surface area contributed by atoms with Crippen molar-refractivity contribution in [3.05, 3.63) is 24.3 Å². The van der Waals surface area contributed by atoms with E-state index in [4.69, 9.17) is 4.74 Å². The van der Waals surface area contributed by atoms with Crippen LogP contribution in [0.3, 0.4) is 0 Å². The average molecular weight is 294 g/mol. The van der Waals surface area contributed by atoms with E-state index in [1.807, 2.05) is 24.3 Å². The fourth-order valence-corrected chi connectivity index (χ4v) is 3.04. The van der Waals surface area contributed by atoms with Crippen LogP contribution in [-0.4, -0.2) is 38.4 Å². The molecule has 0 radical (unpaired) electrons. The van der Waals surface area contributed by atoms with Gasteiger partial charge < -0.3 is 15.4 Å². The van der Waals surface area contributed by atoms with Crippen LogP contribution >= 0.6 is 11.8 Å². The Morgan fingerprint density at radius 1 is 1.55 bits per heavy atom. The van der Waals surface area contributed by atoms with Gasteiger partial charge >= 0.3 is 0 Å². The third-order valence-corrected chi connectivity index (χ3v) is 4.44. The second-order valence-electron chi connectivity index (χ2n) is 4.97. The van der Waals surface area contributed by atoms with Gasteiger partial charge in [0.15, 0.2) is 0 Å². The van der Waals surface area contributed by atoms with E-state index in [0.717, 1.165) is 42.6 Å². The van der Waals surface area contributed by atoms with Crippen molar-refractivity contribution in [1.82, 2.24) is 10.6 Å². The lowest BCUT2D eigenvalue weighted by Crippen LogP contribution is -2.27. The van der Waals surface area contributed by atoms with Crippen molar-refractivity contribution in [3.8, 4) is 5.75 Å². The summed E-state index contributed by atoms with van der Waals surface area (Å²) in [6, 6.07) is 7.78. The lowest BCUT2D eigenvalue weighted by molar-refractivity contribution is -0.118. The number of hydrogen-bond donors (Lipinski definition) is 2. The van der Waals surface area contributed by atoms with Gasteiger partial charge in [0.2, 0.25) is 5.91 Å². The second-order valence-corrected chi connectivity index (χ2v) is 6.01. The molecule has 110 valence electrons. The molecule has 1 aliphatic rings. The van der Waals surface area contributed by atoms with E-state index in [1.54, 1.807) is 7.11 Å². The van der Waals surface area contributed by atoms with E-state index in [-0.39, 0.29) is 5.91 Å². The SMILES string of the molecule is COc1cccc(SCC(=O)NCCC2CCNC2)c1. The first kappa shape index (κ1) is 15.2.